The number of hydrogen-bond donors (Lipinski definition) is 1. The third-order valence-electron chi connectivity index (χ3n) is 4.59. The van der Waals surface area contributed by atoms with E-state index in [-0.39, 0.29) is 0 Å². The highest BCUT2D eigenvalue weighted by Gasteiger charge is 2.55. The van der Waals surface area contributed by atoms with E-state index < -0.39 is 11.5 Å². The zero-order chi connectivity index (χ0) is 11.9. The molecule has 1 N–H and O–H groups in total. The van der Waals surface area contributed by atoms with Crippen molar-refractivity contribution >= 4 is 0 Å². The summed E-state index contributed by atoms with van der Waals surface area (Å²) in [6, 6.07) is 6.11. The summed E-state index contributed by atoms with van der Waals surface area (Å²) in [4.78, 5) is 4.04. The smallest absolute Gasteiger partial charge is 0.0993 e. The highest BCUT2D eigenvalue weighted by molar-refractivity contribution is 5.24. The average molecular weight is 228 g/mol. The molecule has 3 heteroatoms. The summed E-state index contributed by atoms with van der Waals surface area (Å²) in [5.74, 6) is 1.01. The van der Waals surface area contributed by atoms with E-state index in [0.29, 0.717) is 11.8 Å². The second kappa shape index (κ2) is 3.82. The summed E-state index contributed by atoms with van der Waals surface area (Å²) in [6.07, 6.45) is 6.97. The molecule has 0 amide bonds. The number of aliphatic hydroxyl groups excluding tert-OH is 1. The van der Waals surface area contributed by atoms with Gasteiger partial charge in [0, 0.05) is 18.0 Å². The minimum Gasteiger partial charge on any atom is -0.387 e. The largest absolute Gasteiger partial charge is 0.387 e. The lowest BCUT2D eigenvalue weighted by Crippen LogP contribution is -2.33. The molecule has 1 aromatic heterocycles. The number of nitriles is 1. The van der Waals surface area contributed by atoms with Gasteiger partial charge in [-0.2, -0.15) is 5.26 Å². The summed E-state index contributed by atoms with van der Waals surface area (Å²) in [5, 5.41) is 20.1. The molecule has 3 nitrogen and oxygen atoms in total. The Kier molecular flexibility index (Phi) is 2.41. The van der Waals surface area contributed by atoms with Crippen LogP contribution in [0.1, 0.15) is 37.4 Å². The van der Waals surface area contributed by atoms with Crippen LogP contribution in [0.5, 0.6) is 0 Å². The van der Waals surface area contributed by atoms with Crippen molar-refractivity contribution in [1.29, 1.82) is 5.26 Å². The van der Waals surface area contributed by atoms with Crippen LogP contribution in [0, 0.1) is 28.6 Å². The van der Waals surface area contributed by atoms with Crippen molar-refractivity contribution in [2.45, 2.75) is 31.8 Å². The molecule has 4 unspecified atom stereocenters. The van der Waals surface area contributed by atoms with Gasteiger partial charge in [-0.15, -0.1) is 0 Å². The lowest BCUT2D eigenvalue weighted by molar-refractivity contribution is 0.0231. The average Bonchev–Trinajstić information content (AvgIpc) is 2.99. The first-order valence-corrected chi connectivity index (χ1v) is 6.25. The van der Waals surface area contributed by atoms with Gasteiger partial charge in [-0.05, 0) is 37.2 Å². The molecule has 2 saturated carbocycles. The fraction of sp³-hybridized carbons (Fsp3) is 0.571. The molecule has 2 aliphatic carbocycles. The van der Waals surface area contributed by atoms with Gasteiger partial charge in [0.15, 0.2) is 0 Å². The number of hydrogen-bond acceptors (Lipinski definition) is 3. The summed E-state index contributed by atoms with van der Waals surface area (Å²) in [7, 11) is 0. The number of rotatable bonds is 2. The van der Waals surface area contributed by atoms with Crippen LogP contribution in [0.4, 0.5) is 0 Å². The van der Waals surface area contributed by atoms with Crippen molar-refractivity contribution in [3.63, 3.8) is 0 Å². The van der Waals surface area contributed by atoms with Crippen LogP contribution in [0.25, 0.3) is 0 Å². The van der Waals surface area contributed by atoms with Crippen molar-refractivity contribution in [3.05, 3.63) is 30.1 Å². The van der Waals surface area contributed by atoms with Crippen LogP contribution in [0.3, 0.4) is 0 Å². The molecule has 0 saturated heterocycles. The Balaban J connectivity index is 1.95. The molecule has 1 aromatic rings. The van der Waals surface area contributed by atoms with Gasteiger partial charge >= 0.3 is 0 Å². The van der Waals surface area contributed by atoms with E-state index in [4.69, 9.17) is 0 Å². The van der Waals surface area contributed by atoms with E-state index in [0.717, 1.165) is 24.8 Å². The van der Waals surface area contributed by atoms with E-state index in [1.165, 1.54) is 6.42 Å². The summed E-state index contributed by atoms with van der Waals surface area (Å²) in [6.45, 7) is 0. The molecule has 3 rings (SSSR count). The summed E-state index contributed by atoms with van der Waals surface area (Å²) in [5.41, 5.74) is 0.216. The first kappa shape index (κ1) is 10.7. The van der Waals surface area contributed by atoms with Crippen LogP contribution < -0.4 is 0 Å². The zero-order valence-corrected chi connectivity index (χ0v) is 9.71. The number of fused-ring (bicyclic) bond motifs is 2. The van der Waals surface area contributed by atoms with Gasteiger partial charge in [0.05, 0.1) is 17.6 Å². The second-order valence-electron chi connectivity index (χ2n) is 5.42. The van der Waals surface area contributed by atoms with E-state index in [1.54, 1.807) is 12.4 Å². The molecular weight excluding hydrogens is 212 g/mol. The number of pyridine rings is 1. The van der Waals surface area contributed by atoms with Gasteiger partial charge in [-0.25, -0.2) is 0 Å². The Labute approximate surface area is 101 Å². The van der Waals surface area contributed by atoms with Crippen LogP contribution in [0.15, 0.2) is 24.5 Å². The Morgan fingerprint density at radius 2 is 2.41 bits per heavy atom. The van der Waals surface area contributed by atoms with Crippen LogP contribution >= 0.6 is 0 Å². The monoisotopic (exact) mass is 228 g/mol. The van der Waals surface area contributed by atoms with Crippen LogP contribution in [0.2, 0.25) is 0 Å². The van der Waals surface area contributed by atoms with Crippen molar-refractivity contribution in [2.75, 3.05) is 0 Å². The SMILES string of the molecule is N#CC1(C(O)c2cccnc2)CC2CCC1C2. The van der Waals surface area contributed by atoms with E-state index in [2.05, 4.69) is 11.1 Å². The lowest BCUT2D eigenvalue weighted by Gasteiger charge is -2.35. The standard InChI is InChI=1S/C14H16N2O/c15-9-14(7-10-3-4-12(14)6-10)13(17)11-2-1-5-16-8-11/h1-2,5,8,10,12-13,17H,3-4,6-7H2. The lowest BCUT2D eigenvalue weighted by atomic mass is 9.69. The highest BCUT2D eigenvalue weighted by atomic mass is 16.3. The van der Waals surface area contributed by atoms with E-state index >= 15 is 0 Å². The molecular formula is C14H16N2O. The maximum absolute atomic E-state index is 10.5. The van der Waals surface area contributed by atoms with Crippen molar-refractivity contribution in [2.24, 2.45) is 17.3 Å². The number of aliphatic hydroxyl groups is 1. The highest BCUT2D eigenvalue weighted by Crippen LogP contribution is 2.60. The normalized spacial score (nSPS) is 36.7. The Morgan fingerprint density at radius 1 is 1.53 bits per heavy atom. The Bertz CT molecular complexity index is 453. The quantitative estimate of drug-likeness (QED) is 0.845. The predicted molar refractivity (Wildman–Crippen MR) is 62.7 cm³/mol. The molecule has 0 aliphatic heterocycles. The third kappa shape index (κ3) is 1.48. The van der Waals surface area contributed by atoms with Crippen molar-refractivity contribution < 1.29 is 5.11 Å². The molecule has 0 aromatic carbocycles. The predicted octanol–water partition coefficient (Wildman–Crippen LogP) is 2.44. The van der Waals surface area contributed by atoms with Crippen LogP contribution in [-0.2, 0) is 0 Å². The first-order chi connectivity index (χ1) is 8.26. The molecule has 2 bridgehead atoms. The van der Waals surface area contributed by atoms with Crippen molar-refractivity contribution in [1.82, 2.24) is 4.98 Å². The Hall–Kier alpha value is -1.40. The van der Waals surface area contributed by atoms with E-state index in [1.807, 2.05) is 12.1 Å². The minimum atomic E-state index is -0.684. The topological polar surface area (TPSA) is 56.9 Å². The maximum atomic E-state index is 10.5. The van der Waals surface area contributed by atoms with Crippen LogP contribution in [-0.4, -0.2) is 10.1 Å². The third-order valence-corrected chi connectivity index (χ3v) is 4.59. The Morgan fingerprint density at radius 3 is 2.94 bits per heavy atom. The summed E-state index contributed by atoms with van der Waals surface area (Å²) < 4.78 is 0. The maximum Gasteiger partial charge on any atom is 0.0993 e. The van der Waals surface area contributed by atoms with Crippen molar-refractivity contribution in [3.8, 4) is 6.07 Å². The fourth-order valence-electron chi connectivity index (χ4n) is 3.74. The molecule has 88 valence electrons. The van der Waals surface area contributed by atoms with Gasteiger partial charge in [-0.1, -0.05) is 12.5 Å². The second-order valence-corrected chi connectivity index (χ2v) is 5.42. The zero-order valence-electron chi connectivity index (χ0n) is 9.71. The number of nitrogens with zero attached hydrogens (tertiary/aromatic N) is 2. The number of aromatic nitrogens is 1. The molecule has 1 heterocycles. The fourth-order valence-corrected chi connectivity index (χ4v) is 3.74. The molecule has 2 fully saturated rings. The first-order valence-electron chi connectivity index (χ1n) is 6.25. The summed E-state index contributed by atoms with van der Waals surface area (Å²) >= 11 is 0. The molecule has 2 aliphatic rings. The van der Waals surface area contributed by atoms with Gasteiger partial charge in [0.1, 0.15) is 0 Å². The molecule has 0 radical (unpaired) electrons. The minimum absolute atomic E-state index is 0.368. The molecule has 17 heavy (non-hydrogen) atoms. The molecule has 0 spiro atoms. The van der Waals surface area contributed by atoms with Gasteiger partial charge in [0.2, 0.25) is 0 Å². The van der Waals surface area contributed by atoms with Gasteiger partial charge < -0.3 is 5.11 Å². The van der Waals surface area contributed by atoms with Gasteiger partial charge in [0.25, 0.3) is 0 Å². The van der Waals surface area contributed by atoms with Gasteiger partial charge in [-0.3, -0.25) is 4.98 Å². The molecule has 4 atom stereocenters. The van der Waals surface area contributed by atoms with E-state index in [9.17, 15) is 10.4 Å².